The zero-order valence-electron chi connectivity index (χ0n) is 20.7. The average molecular weight is 535 g/mol. The van der Waals surface area contributed by atoms with Gasteiger partial charge in [0.25, 0.3) is 5.91 Å². The molecule has 5 aromatic carbocycles. The maximum Gasteiger partial charge on any atom is 0.343 e. The third-order valence-electron chi connectivity index (χ3n) is 5.94. The van der Waals surface area contributed by atoms with Gasteiger partial charge in [0.05, 0.1) is 11.8 Å². The van der Waals surface area contributed by atoms with Gasteiger partial charge in [-0.15, -0.1) is 0 Å². The van der Waals surface area contributed by atoms with Crippen molar-refractivity contribution in [1.29, 1.82) is 0 Å². The Hall–Kier alpha value is -4.94. The van der Waals surface area contributed by atoms with Crippen molar-refractivity contribution in [2.24, 2.45) is 5.10 Å². The Morgan fingerprint density at radius 1 is 0.769 bits per heavy atom. The van der Waals surface area contributed by atoms with Crippen molar-refractivity contribution in [1.82, 2.24) is 5.43 Å². The predicted molar refractivity (Wildman–Crippen MR) is 153 cm³/mol. The number of hydrogen-bond acceptors (Lipinski definition) is 5. The summed E-state index contributed by atoms with van der Waals surface area (Å²) >= 11 is 5.91. The molecule has 1 N–H and O–H groups in total. The van der Waals surface area contributed by atoms with Gasteiger partial charge < -0.3 is 9.47 Å². The summed E-state index contributed by atoms with van der Waals surface area (Å²) in [6.45, 7) is 0.384. The lowest BCUT2D eigenvalue weighted by atomic mass is 10.0. The van der Waals surface area contributed by atoms with Crippen LogP contribution in [0.1, 0.15) is 31.8 Å². The summed E-state index contributed by atoms with van der Waals surface area (Å²) in [6.07, 6.45) is 1.48. The highest BCUT2D eigenvalue weighted by Gasteiger charge is 2.13. The second-order valence-corrected chi connectivity index (χ2v) is 9.03. The number of halogens is 1. The molecular weight excluding hydrogens is 512 g/mol. The van der Waals surface area contributed by atoms with Gasteiger partial charge in [-0.2, -0.15) is 5.10 Å². The number of esters is 1. The third kappa shape index (κ3) is 6.50. The molecule has 0 saturated heterocycles. The highest BCUT2D eigenvalue weighted by atomic mass is 35.5. The topological polar surface area (TPSA) is 77.0 Å². The number of fused-ring (bicyclic) bond motifs is 1. The lowest BCUT2D eigenvalue weighted by molar-refractivity contribution is 0.0734. The minimum atomic E-state index is -0.483. The molecule has 1 amide bonds. The molecule has 0 unspecified atom stereocenters. The number of benzene rings is 5. The first-order valence-electron chi connectivity index (χ1n) is 12.2. The molecule has 0 atom stereocenters. The molecule has 7 heteroatoms. The molecule has 0 aromatic heterocycles. The number of ether oxygens (including phenoxy) is 2. The predicted octanol–water partition coefficient (Wildman–Crippen LogP) is 7.06. The van der Waals surface area contributed by atoms with E-state index in [4.69, 9.17) is 21.1 Å². The molecule has 0 saturated carbocycles. The van der Waals surface area contributed by atoms with E-state index < -0.39 is 11.9 Å². The Bertz CT molecular complexity index is 1630. The van der Waals surface area contributed by atoms with Gasteiger partial charge in [0, 0.05) is 16.1 Å². The van der Waals surface area contributed by atoms with Crippen LogP contribution in [0.25, 0.3) is 10.8 Å². The van der Waals surface area contributed by atoms with Crippen molar-refractivity contribution < 1.29 is 19.1 Å². The number of amides is 1. The zero-order valence-corrected chi connectivity index (χ0v) is 21.5. The Labute approximate surface area is 230 Å². The fraction of sp³-hybridized carbons (Fsp3) is 0.0312. The summed E-state index contributed by atoms with van der Waals surface area (Å²) < 4.78 is 11.5. The van der Waals surface area contributed by atoms with E-state index >= 15 is 0 Å². The van der Waals surface area contributed by atoms with Crippen molar-refractivity contribution in [2.75, 3.05) is 0 Å². The van der Waals surface area contributed by atoms with Crippen molar-refractivity contribution >= 4 is 40.5 Å². The van der Waals surface area contributed by atoms with Crippen LogP contribution < -0.4 is 14.9 Å². The lowest BCUT2D eigenvalue weighted by Crippen LogP contribution is -2.17. The molecule has 5 aromatic rings. The number of carbonyl (C=O) groups excluding carboxylic acids is 2. The summed E-state index contributed by atoms with van der Waals surface area (Å²) in [6, 6.07) is 34.2. The number of rotatable bonds is 8. The van der Waals surface area contributed by atoms with Crippen LogP contribution in [0.2, 0.25) is 5.02 Å². The van der Waals surface area contributed by atoms with Crippen LogP contribution in [0.4, 0.5) is 0 Å². The van der Waals surface area contributed by atoms with Gasteiger partial charge in [-0.25, -0.2) is 10.2 Å². The van der Waals surface area contributed by atoms with Crippen LogP contribution in [-0.2, 0) is 6.61 Å². The summed E-state index contributed by atoms with van der Waals surface area (Å²) in [5.74, 6) is 0.0925. The van der Waals surface area contributed by atoms with E-state index in [1.165, 1.54) is 6.21 Å². The Balaban J connectivity index is 1.27. The van der Waals surface area contributed by atoms with E-state index in [9.17, 15) is 9.59 Å². The molecule has 0 heterocycles. The van der Waals surface area contributed by atoms with Crippen LogP contribution in [0.3, 0.4) is 0 Å². The molecule has 0 aliphatic carbocycles. The first-order chi connectivity index (χ1) is 19.1. The van der Waals surface area contributed by atoms with E-state index in [0.29, 0.717) is 39.8 Å². The number of carbonyl (C=O) groups is 2. The molecule has 6 nitrogen and oxygen atoms in total. The number of hydrazone groups is 1. The zero-order chi connectivity index (χ0) is 27.0. The second kappa shape index (κ2) is 12.1. The smallest absolute Gasteiger partial charge is 0.343 e. The molecule has 5 rings (SSSR count). The van der Waals surface area contributed by atoms with Gasteiger partial charge in [-0.1, -0.05) is 72.3 Å². The van der Waals surface area contributed by atoms with Gasteiger partial charge >= 0.3 is 5.97 Å². The Kier molecular flexibility index (Phi) is 7.95. The first-order valence-corrected chi connectivity index (χ1v) is 12.5. The number of hydrogen-bond donors (Lipinski definition) is 1. The van der Waals surface area contributed by atoms with Crippen molar-refractivity contribution in [3.8, 4) is 11.5 Å². The van der Waals surface area contributed by atoms with Gasteiger partial charge in [-0.05, 0) is 70.9 Å². The summed E-state index contributed by atoms with van der Waals surface area (Å²) in [4.78, 5) is 25.4. The maximum atomic E-state index is 12.7. The molecule has 192 valence electrons. The summed E-state index contributed by atoms with van der Waals surface area (Å²) in [7, 11) is 0. The molecule has 0 radical (unpaired) electrons. The van der Waals surface area contributed by atoms with Gasteiger partial charge in [0.15, 0.2) is 0 Å². The minimum Gasteiger partial charge on any atom is -0.489 e. The fourth-order valence-electron chi connectivity index (χ4n) is 3.90. The molecule has 0 fully saturated rings. The van der Waals surface area contributed by atoms with Crippen molar-refractivity contribution in [3.05, 3.63) is 143 Å². The van der Waals surface area contributed by atoms with E-state index in [1.807, 2.05) is 60.7 Å². The van der Waals surface area contributed by atoms with E-state index in [2.05, 4.69) is 10.5 Å². The largest absolute Gasteiger partial charge is 0.489 e. The summed E-state index contributed by atoms with van der Waals surface area (Å²) in [5.41, 5.74) is 4.95. The summed E-state index contributed by atoms with van der Waals surface area (Å²) in [5, 5.41) is 6.60. The fourth-order valence-corrected chi connectivity index (χ4v) is 4.03. The maximum absolute atomic E-state index is 12.7. The molecular formula is C32H23ClN2O4. The van der Waals surface area contributed by atoms with Crippen LogP contribution in [-0.4, -0.2) is 18.1 Å². The second-order valence-electron chi connectivity index (χ2n) is 8.59. The van der Waals surface area contributed by atoms with Crippen LogP contribution >= 0.6 is 11.6 Å². The highest BCUT2D eigenvalue weighted by Crippen LogP contribution is 2.27. The Morgan fingerprint density at radius 2 is 1.49 bits per heavy atom. The minimum absolute atomic E-state index is 0.336. The van der Waals surface area contributed by atoms with E-state index in [0.717, 1.165) is 16.3 Å². The third-order valence-corrected chi connectivity index (χ3v) is 6.19. The molecule has 39 heavy (non-hydrogen) atoms. The lowest BCUT2D eigenvalue weighted by Gasteiger charge is -2.10. The monoisotopic (exact) mass is 534 g/mol. The number of nitrogens with zero attached hydrogens (tertiary/aromatic N) is 1. The molecule has 0 aliphatic heterocycles. The number of nitrogens with one attached hydrogen (secondary N) is 1. The van der Waals surface area contributed by atoms with Gasteiger partial charge in [-0.3, -0.25) is 4.79 Å². The van der Waals surface area contributed by atoms with E-state index in [-0.39, 0.29) is 0 Å². The van der Waals surface area contributed by atoms with E-state index in [1.54, 1.807) is 54.6 Å². The molecule has 0 aliphatic rings. The average Bonchev–Trinajstić information content (AvgIpc) is 2.98. The van der Waals surface area contributed by atoms with Crippen LogP contribution in [0.15, 0.2) is 120 Å². The Morgan fingerprint density at radius 3 is 2.26 bits per heavy atom. The van der Waals surface area contributed by atoms with Gasteiger partial charge in [0.2, 0.25) is 0 Å². The molecule has 0 bridgehead atoms. The van der Waals surface area contributed by atoms with Crippen LogP contribution in [0, 0.1) is 0 Å². The van der Waals surface area contributed by atoms with Crippen molar-refractivity contribution in [2.45, 2.75) is 6.61 Å². The molecule has 0 spiro atoms. The quantitative estimate of drug-likeness (QED) is 0.100. The first kappa shape index (κ1) is 25.7. The van der Waals surface area contributed by atoms with Crippen LogP contribution in [0.5, 0.6) is 11.5 Å². The highest BCUT2D eigenvalue weighted by molar-refractivity contribution is 6.30. The van der Waals surface area contributed by atoms with Gasteiger partial charge in [0.1, 0.15) is 18.1 Å². The van der Waals surface area contributed by atoms with Crippen molar-refractivity contribution in [3.63, 3.8) is 0 Å². The standard InChI is InChI=1S/C32H23ClN2O4/c33-26-15-10-22(11-16-26)21-38-27-17-12-24(13-18-27)31(36)35-34-20-29-28-9-5-4-6-23(28)14-19-30(29)39-32(37)25-7-2-1-3-8-25/h1-20H,21H2,(H,35,36)/b34-20+. The SMILES string of the molecule is O=C(N/N=C/c1c(OC(=O)c2ccccc2)ccc2ccccc12)c1ccc(OCc2ccc(Cl)cc2)cc1. The normalized spacial score (nSPS) is 10.9.